The van der Waals surface area contributed by atoms with Crippen LogP contribution in [-0.4, -0.2) is 22.5 Å². The number of carbonyl (C=O) groups excluding carboxylic acids is 1. The lowest BCUT2D eigenvalue weighted by Gasteiger charge is -2.02. The Kier molecular flexibility index (Phi) is 3.44. The zero-order valence-corrected chi connectivity index (χ0v) is 8.41. The van der Waals surface area contributed by atoms with Gasteiger partial charge in [-0.3, -0.25) is 4.79 Å². The zero-order chi connectivity index (χ0) is 8.97. The molecule has 6 heteroatoms. The number of hydrogen-bond donors (Lipinski definition) is 1. The first-order chi connectivity index (χ1) is 5.81. The van der Waals surface area contributed by atoms with Gasteiger partial charge in [0.1, 0.15) is 5.82 Å². The van der Waals surface area contributed by atoms with Crippen molar-refractivity contribution in [2.45, 2.75) is 5.16 Å². The van der Waals surface area contributed by atoms with Gasteiger partial charge in [-0.15, -0.1) is 0 Å². The van der Waals surface area contributed by atoms with Crippen LogP contribution in [0.3, 0.4) is 0 Å². The first-order valence-corrected chi connectivity index (χ1v) is 4.95. The molecule has 0 aliphatic rings. The van der Waals surface area contributed by atoms with Crippen LogP contribution in [0.4, 0.5) is 5.82 Å². The Morgan fingerprint density at radius 3 is 3.00 bits per heavy atom. The summed E-state index contributed by atoms with van der Waals surface area (Å²) in [7, 11) is 2.29. The number of thioether (sulfide) groups is 1. The Morgan fingerprint density at radius 1 is 1.75 bits per heavy atom. The number of nitrogens with one attached hydrogen (secondary N) is 1. The van der Waals surface area contributed by atoms with E-state index < -0.39 is 0 Å². The third-order valence-electron chi connectivity index (χ3n) is 1.24. The summed E-state index contributed by atoms with van der Waals surface area (Å²) in [4.78, 5) is 18.5. The Balaban J connectivity index is 3.10. The van der Waals surface area contributed by atoms with Crippen LogP contribution >= 0.6 is 21.2 Å². The van der Waals surface area contributed by atoms with E-state index in [2.05, 4.69) is 24.4 Å². The molecule has 0 fully saturated rings. The molecule has 1 heterocycles. The van der Waals surface area contributed by atoms with E-state index in [-0.39, 0.29) is 0 Å². The summed E-state index contributed by atoms with van der Waals surface area (Å²) in [5.74, 6) is 0.536. The first kappa shape index (κ1) is 9.42. The van der Waals surface area contributed by atoms with Gasteiger partial charge in [-0.05, 0) is 15.6 Å². The Morgan fingerprint density at radius 2 is 2.50 bits per heavy atom. The number of aldehydes is 1. The van der Waals surface area contributed by atoms with Crippen molar-refractivity contribution < 1.29 is 4.79 Å². The van der Waals surface area contributed by atoms with Crippen LogP contribution in [-0.2, 0) is 0 Å². The minimum Gasteiger partial charge on any atom is -0.354 e. The lowest BCUT2D eigenvalue weighted by Crippen LogP contribution is -1.96. The zero-order valence-electron chi connectivity index (χ0n) is 6.44. The van der Waals surface area contributed by atoms with E-state index in [1.807, 2.05) is 6.26 Å². The minimum atomic E-state index is 0.461. The molecule has 1 aromatic heterocycles. The first-order valence-electron chi connectivity index (χ1n) is 3.14. The quantitative estimate of drug-likeness (QED) is 0.345. The van der Waals surface area contributed by atoms with E-state index in [4.69, 9.17) is 0 Å². The normalized spacial score (nSPS) is 9.50. The van der Waals surface area contributed by atoms with Crippen molar-refractivity contribution in [3.8, 4) is 0 Å². The number of carbonyl (C=O) groups is 1. The largest absolute Gasteiger partial charge is 0.354 e. The van der Waals surface area contributed by atoms with Crippen LogP contribution in [0.2, 0.25) is 0 Å². The predicted molar refractivity (Wildman–Crippen MR) is 52.5 cm³/mol. The number of nitrogens with zero attached hydrogens (tertiary/aromatic N) is 2. The van der Waals surface area contributed by atoms with Crippen molar-refractivity contribution in [3.05, 3.63) is 11.8 Å². The average molecular weight is 201 g/mol. The van der Waals surface area contributed by atoms with Crippen LogP contribution in [0, 0.1) is 0 Å². The van der Waals surface area contributed by atoms with Gasteiger partial charge in [0.2, 0.25) is 0 Å². The second-order valence-electron chi connectivity index (χ2n) is 1.92. The molecular formula is C6H8N3OPS. The van der Waals surface area contributed by atoms with Gasteiger partial charge >= 0.3 is 0 Å². The third kappa shape index (κ3) is 1.93. The Hall–Kier alpha value is -0.670. The van der Waals surface area contributed by atoms with Gasteiger partial charge in [-0.25, -0.2) is 9.97 Å². The SMILES string of the molecule is CSc1ncc(C=O)c(NP)n1. The summed E-state index contributed by atoms with van der Waals surface area (Å²) in [6.45, 7) is 0. The van der Waals surface area contributed by atoms with Crippen LogP contribution in [0.15, 0.2) is 11.4 Å². The molecule has 1 aromatic rings. The molecule has 0 amide bonds. The Labute approximate surface area is 76.8 Å². The van der Waals surface area contributed by atoms with E-state index in [9.17, 15) is 4.79 Å². The average Bonchev–Trinajstić information content (AvgIpc) is 2.16. The monoisotopic (exact) mass is 201 g/mol. The maximum Gasteiger partial charge on any atom is 0.189 e. The molecule has 64 valence electrons. The summed E-state index contributed by atoms with van der Waals surface area (Å²) in [5, 5.41) is 3.39. The number of rotatable bonds is 3. The molecule has 4 nitrogen and oxygen atoms in total. The molecule has 0 spiro atoms. The summed E-state index contributed by atoms with van der Waals surface area (Å²) in [6, 6.07) is 0. The highest BCUT2D eigenvalue weighted by Gasteiger charge is 2.03. The molecule has 1 atom stereocenters. The van der Waals surface area contributed by atoms with Crippen molar-refractivity contribution in [1.29, 1.82) is 0 Å². The molecule has 0 radical (unpaired) electrons. The highest BCUT2D eigenvalue weighted by molar-refractivity contribution is 7.98. The second-order valence-corrected chi connectivity index (χ2v) is 2.98. The molecular weight excluding hydrogens is 193 g/mol. The van der Waals surface area contributed by atoms with E-state index in [0.29, 0.717) is 16.5 Å². The molecule has 0 aromatic carbocycles. The summed E-state index contributed by atoms with van der Waals surface area (Å²) >= 11 is 1.43. The Bertz CT molecular complexity index is 294. The maximum absolute atomic E-state index is 10.4. The van der Waals surface area contributed by atoms with Crippen LogP contribution in [0.5, 0.6) is 0 Å². The second kappa shape index (κ2) is 4.38. The van der Waals surface area contributed by atoms with Gasteiger partial charge in [0, 0.05) is 6.20 Å². The number of aromatic nitrogens is 2. The third-order valence-corrected chi connectivity index (χ3v) is 2.08. The fourth-order valence-corrected chi connectivity index (χ4v) is 1.25. The van der Waals surface area contributed by atoms with Crippen molar-refractivity contribution >= 4 is 33.3 Å². The number of anilines is 1. The molecule has 0 aliphatic carbocycles. The van der Waals surface area contributed by atoms with Crippen LogP contribution < -0.4 is 5.09 Å². The van der Waals surface area contributed by atoms with Gasteiger partial charge in [0.15, 0.2) is 11.4 Å². The van der Waals surface area contributed by atoms with Gasteiger partial charge in [0.05, 0.1) is 5.56 Å². The molecule has 0 saturated carbocycles. The standard InChI is InChI=1S/C6H8N3OPS/c1-12-6-7-2-4(3-10)5(8-6)9-11/h2-3H,11H2,1H3,(H,7,8,9). The van der Waals surface area contributed by atoms with Gasteiger partial charge in [-0.2, -0.15) is 0 Å². The summed E-state index contributed by atoms with van der Waals surface area (Å²) < 4.78 is 0. The highest BCUT2D eigenvalue weighted by atomic mass is 32.2. The van der Waals surface area contributed by atoms with Crippen molar-refractivity contribution in [1.82, 2.24) is 9.97 Å². The molecule has 1 unspecified atom stereocenters. The van der Waals surface area contributed by atoms with Crippen LogP contribution in [0.25, 0.3) is 0 Å². The van der Waals surface area contributed by atoms with E-state index in [1.165, 1.54) is 18.0 Å². The van der Waals surface area contributed by atoms with Crippen molar-refractivity contribution in [2.75, 3.05) is 11.3 Å². The molecule has 0 aliphatic heterocycles. The van der Waals surface area contributed by atoms with Gasteiger partial charge in [0.25, 0.3) is 0 Å². The molecule has 12 heavy (non-hydrogen) atoms. The molecule has 1 rings (SSSR count). The predicted octanol–water partition coefficient (Wildman–Crippen LogP) is 1.21. The molecule has 1 N–H and O–H groups in total. The van der Waals surface area contributed by atoms with Crippen LogP contribution in [0.1, 0.15) is 10.4 Å². The summed E-state index contributed by atoms with van der Waals surface area (Å²) in [5.41, 5.74) is 0.461. The highest BCUT2D eigenvalue weighted by Crippen LogP contribution is 2.15. The van der Waals surface area contributed by atoms with Crippen molar-refractivity contribution in [2.24, 2.45) is 0 Å². The lowest BCUT2D eigenvalue weighted by atomic mass is 10.3. The van der Waals surface area contributed by atoms with E-state index >= 15 is 0 Å². The lowest BCUT2D eigenvalue weighted by molar-refractivity contribution is 0.112. The minimum absolute atomic E-state index is 0.461. The fraction of sp³-hybridized carbons (Fsp3) is 0.167. The van der Waals surface area contributed by atoms with Gasteiger partial charge in [-0.1, -0.05) is 11.8 Å². The summed E-state index contributed by atoms with van der Waals surface area (Å²) in [6.07, 6.45) is 4.09. The van der Waals surface area contributed by atoms with Crippen molar-refractivity contribution in [3.63, 3.8) is 0 Å². The smallest absolute Gasteiger partial charge is 0.189 e. The molecule has 0 saturated heterocycles. The van der Waals surface area contributed by atoms with Gasteiger partial charge < -0.3 is 5.09 Å². The molecule has 0 bridgehead atoms. The van der Waals surface area contributed by atoms with E-state index in [1.54, 1.807) is 0 Å². The van der Waals surface area contributed by atoms with E-state index in [0.717, 1.165) is 6.29 Å². The maximum atomic E-state index is 10.4. The topological polar surface area (TPSA) is 54.9 Å². The number of hydrogen-bond acceptors (Lipinski definition) is 5. The fourth-order valence-electron chi connectivity index (χ4n) is 0.675.